The molecule has 1 saturated heterocycles. The molecular formula is C23H12ClF3N2O6S. The topological polar surface area (TPSA) is 117 Å². The smallest absolute Gasteiger partial charge is 0.337 e. The number of nitrogens with one attached hydrogen (secondary N) is 1. The van der Waals surface area contributed by atoms with E-state index < -0.39 is 52.7 Å². The van der Waals surface area contributed by atoms with Crippen LogP contribution in [0.5, 0.6) is 0 Å². The number of carboxylic acid groups (broad SMARTS) is 1. The molecule has 2 heterocycles. The Balaban J connectivity index is 1.47. The number of thioether (sulfide) groups is 1. The van der Waals surface area contributed by atoms with Crippen molar-refractivity contribution in [3.05, 3.63) is 81.2 Å². The first kappa shape index (κ1) is 25.1. The van der Waals surface area contributed by atoms with Gasteiger partial charge in [-0.05, 0) is 48.2 Å². The summed E-state index contributed by atoms with van der Waals surface area (Å²) in [7, 11) is 0. The van der Waals surface area contributed by atoms with Gasteiger partial charge >= 0.3 is 5.97 Å². The Kier molecular flexibility index (Phi) is 6.91. The highest BCUT2D eigenvalue weighted by Crippen LogP contribution is 2.34. The third kappa shape index (κ3) is 4.99. The minimum atomic E-state index is -1.78. The summed E-state index contributed by atoms with van der Waals surface area (Å²) in [6, 6.07) is 8.66. The second-order valence-corrected chi connectivity index (χ2v) is 8.64. The number of carbonyl (C=O) groups excluding carboxylic acids is 3. The molecule has 184 valence electrons. The Morgan fingerprint density at radius 1 is 1.08 bits per heavy atom. The molecule has 0 atom stereocenters. The van der Waals surface area contributed by atoms with E-state index in [9.17, 15) is 32.3 Å². The highest BCUT2D eigenvalue weighted by Gasteiger charge is 2.36. The minimum Gasteiger partial charge on any atom is -0.478 e. The van der Waals surface area contributed by atoms with Crippen LogP contribution in [-0.2, 0) is 9.59 Å². The number of rotatable bonds is 6. The van der Waals surface area contributed by atoms with E-state index in [1.807, 2.05) is 5.32 Å². The fraction of sp³-hybridized carbons (Fsp3) is 0.0435. The van der Waals surface area contributed by atoms with Gasteiger partial charge < -0.3 is 14.8 Å². The summed E-state index contributed by atoms with van der Waals surface area (Å²) in [5.74, 6) is -7.36. The highest BCUT2D eigenvalue weighted by molar-refractivity contribution is 8.18. The standard InChI is InChI=1S/C23H12ClF3N2O6S/c24-13-7-10(1-3-12(13)22(32)33)16-6-2-11(35-16)8-17-21(31)29(23(34)36-17)9-18(30)28-15-5-4-14(25)19(26)20(15)27/h1-8H,9H2,(H,28,30)(H,32,33)/b17-8-. The molecule has 2 N–H and O–H groups in total. The van der Waals surface area contributed by atoms with Crippen LogP contribution >= 0.6 is 23.4 Å². The molecule has 2 aromatic carbocycles. The van der Waals surface area contributed by atoms with Gasteiger partial charge in [0.25, 0.3) is 11.1 Å². The number of aromatic carboxylic acids is 1. The van der Waals surface area contributed by atoms with Crippen LogP contribution < -0.4 is 5.32 Å². The predicted octanol–water partition coefficient (Wildman–Crippen LogP) is 5.39. The molecule has 1 aliphatic rings. The number of nitrogens with zero attached hydrogens (tertiary/aromatic N) is 1. The summed E-state index contributed by atoms with van der Waals surface area (Å²) in [5.41, 5.74) is -0.267. The van der Waals surface area contributed by atoms with Gasteiger partial charge in [0.05, 0.1) is 21.2 Å². The lowest BCUT2D eigenvalue weighted by Crippen LogP contribution is -2.36. The first-order valence-electron chi connectivity index (χ1n) is 9.87. The van der Waals surface area contributed by atoms with E-state index in [4.69, 9.17) is 21.1 Å². The molecule has 0 spiro atoms. The predicted molar refractivity (Wildman–Crippen MR) is 124 cm³/mol. The Morgan fingerprint density at radius 2 is 1.83 bits per heavy atom. The van der Waals surface area contributed by atoms with Gasteiger partial charge in [0.2, 0.25) is 5.91 Å². The van der Waals surface area contributed by atoms with Gasteiger partial charge in [-0.1, -0.05) is 17.7 Å². The van der Waals surface area contributed by atoms with Crippen LogP contribution in [-0.4, -0.2) is 39.6 Å². The van der Waals surface area contributed by atoms with Crippen LogP contribution in [0.4, 0.5) is 23.7 Å². The number of carbonyl (C=O) groups is 4. The molecular weight excluding hydrogens is 525 g/mol. The van der Waals surface area contributed by atoms with E-state index in [1.165, 1.54) is 30.3 Å². The number of benzene rings is 2. The zero-order valence-electron chi connectivity index (χ0n) is 17.7. The summed E-state index contributed by atoms with van der Waals surface area (Å²) in [4.78, 5) is 48.7. The van der Waals surface area contributed by atoms with E-state index >= 15 is 0 Å². The first-order chi connectivity index (χ1) is 17.0. The largest absolute Gasteiger partial charge is 0.478 e. The van der Waals surface area contributed by atoms with Crippen molar-refractivity contribution in [1.29, 1.82) is 0 Å². The molecule has 0 saturated carbocycles. The molecule has 1 fully saturated rings. The highest BCUT2D eigenvalue weighted by atomic mass is 35.5. The molecule has 0 bridgehead atoms. The Hall–Kier alpha value is -4.03. The van der Waals surface area contributed by atoms with Crippen molar-refractivity contribution in [2.45, 2.75) is 0 Å². The lowest BCUT2D eigenvalue weighted by Gasteiger charge is -2.13. The summed E-state index contributed by atoms with van der Waals surface area (Å²) in [6.07, 6.45) is 1.27. The lowest BCUT2D eigenvalue weighted by atomic mass is 10.1. The summed E-state index contributed by atoms with van der Waals surface area (Å²) >= 11 is 6.51. The fourth-order valence-corrected chi connectivity index (χ4v) is 4.23. The van der Waals surface area contributed by atoms with Crippen LogP contribution in [0.3, 0.4) is 0 Å². The van der Waals surface area contributed by atoms with Crippen molar-refractivity contribution >= 4 is 58.1 Å². The summed E-state index contributed by atoms with van der Waals surface area (Å²) < 4.78 is 45.8. The van der Waals surface area contributed by atoms with Gasteiger partial charge in [-0.3, -0.25) is 19.3 Å². The molecule has 0 unspecified atom stereocenters. The third-order valence-corrected chi connectivity index (χ3v) is 6.09. The van der Waals surface area contributed by atoms with E-state index in [1.54, 1.807) is 6.07 Å². The zero-order valence-corrected chi connectivity index (χ0v) is 19.3. The molecule has 0 aliphatic carbocycles. The first-order valence-corrected chi connectivity index (χ1v) is 11.1. The number of furan rings is 1. The van der Waals surface area contributed by atoms with Crippen molar-refractivity contribution in [1.82, 2.24) is 4.90 Å². The van der Waals surface area contributed by atoms with Crippen LogP contribution in [0.15, 0.2) is 51.8 Å². The maximum atomic E-state index is 13.8. The zero-order chi connectivity index (χ0) is 26.1. The van der Waals surface area contributed by atoms with Crippen LogP contribution in [0.25, 0.3) is 17.4 Å². The molecule has 1 aromatic heterocycles. The summed E-state index contributed by atoms with van der Waals surface area (Å²) in [6.45, 7) is -0.793. The van der Waals surface area contributed by atoms with E-state index in [0.717, 1.165) is 6.07 Å². The molecule has 3 amide bonds. The Morgan fingerprint density at radius 3 is 2.53 bits per heavy atom. The van der Waals surface area contributed by atoms with Gasteiger partial charge in [0.1, 0.15) is 18.1 Å². The molecule has 8 nitrogen and oxygen atoms in total. The number of amides is 3. The van der Waals surface area contributed by atoms with Gasteiger partial charge in [-0.25, -0.2) is 18.0 Å². The molecule has 1 aliphatic heterocycles. The average Bonchev–Trinajstić information content (AvgIpc) is 3.39. The number of anilines is 1. The van der Waals surface area contributed by atoms with Gasteiger partial charge in [-0.2, -0.15) is 0 Å². The fourth-order valence-electron chi connectivity index (χ4n) is 3.15. The normalized spacial score (nSPS) is 14.6. The molecule has 0 radical (unpaired) electrons. The van der Waals surface area contributed by atoms with Crippen LogP contribution in [0.1, 0.15) is 16.1 Å². The number of halogens is 4. The van der Waals surface area contributed by atoms with Crippen molar-refractivity contribution < 1.29 is 41.9 Å². The van der Waals surface area contributed by atoms with Crippen molar-refractivity contribution in [3.8, 4) is 11.3 Å². The number of hydrogen-bond donors (Lipinski definition) is 2. The molecule has 4 rings (SSSR count). The number of imide groups is 1. The van der Waals surface area contributed by atoms with Crippen molar-refractivity contribution in [2.24, 2.45) is 0 Å². The average molecular weight is 537 g/mol. The second kappa shape index (κ2) is 9.91. The minimum absolute atomic E-state index is 0.000558. The van der Waals surface area contributed by atoms with Crippen molar-refractivity contribution in [2.75, 3.05) is 11.9 Å². The van der Waals surface area contributed by atoms with E-state index in [2.05, 4.69) is 0 Å². The second-order valence-electron chi connectivity index (χ2n) is 7.24. The lowest BCUT2D eigenvalue weighted by molar-refractivity contribution is -0.127. The SMILES string of the molecule is O=C(CN1C(=O)S/C(=C\c2ccc(-c3ccc(C(=O)O)c(Cl)c3)o2)C1=O)Nc1ccc(F)c(F)c1F. The quantitative estimate of drug-likeness (QED) is 0.320. The molecule has 3 aromatic rings. The maximum absolute atomic E-state index is 13.8. The third-order valence-electron chi connectivity index (χ3n) is 4.87. The maximum Gasteiger partial charge on any atom is 0.337 e. The number of carboxylic acids is 1. The molecule has 36 heavy (non-hydrogen) atoms. The van der Waals surface area contributed by atoms with Gasteiger partial charge in [0, 0.05) is 11.6 Å². The van der Waals surface area contributed by atoms with Crippen LogP contribution in [0, 0.1) is 17.5 Å². The van der Waals surface area contributed by atoms with Crippen molar-refractivity contribution in [3.63, 3.8) is 0 Å². The Labute approximate surface area is 209 Å². The number of hydrogen-bond acceptors (Lipinski definition) is 6. The Bertz CT molecular complexity index is 1470. The summed E-state index contributed by atoms with van der Waals surface area (Å²) in [5, 5.41) is 10.3. The van der Waals surface area contributed by atoms with E-state index in [0.29, 0.717) is 34.1 Å². The monoisotopic (exact) mass is 536 g/mol. The molecule has 13 heteroatoms. The van der Waals surface area contributed by atoms with Gasteiger partial charge in [-0.15, -0.1) is 0 Å². The van der Waals surface area contributed by atoms with Gasteiger partial charge in [0.15, 0.2) is 17.5 Å². The van der Waals surface area contributed by atoms with Crippen LogP contribution in [0.2, 0.25) is 5.02 Å². The van der Waals surface area contributed by atoms with E-state index in [-0.39, 0.29) is 21.3 Å².